The molecule has 0 spiro atoms. The van der Waals surface area contributed by atoms with Gasteiger partial charge in [0.15, 0.2) is 0 Å². The number of rotatable bonds is 3. The first kappa shape index (κ1) is 14.1. The number of ether oxygens (including phenoxy) is 1. The lowest BCUT2D eigenvalue weighted by molar-refractivity contribution is -0.152. The van der Waals surface area contributed by atoms with E-state index in [1.807, 2.05) is 35.2 Å². The molecular formula is C17H21NO3. The first-order valence-electron chi connectivity index (χ1n) is 7.76. The van der Waals surface area contributed by atoms with Crippen LogP contribution in [0.3, 0.4) is 0 Å². The molecule has 0 aliphatic carbocycles. The number of hydrogen-bond donors (Lipinski definition) is 0. The third-order valence-corrected chi connectivity index (χ3v) is 4.53. The van der Waals surface area contributed by atoms with Crippen molar-refractivity contribution in [3.63, 3.8) is 0 Å². The van der Waals surface area contributed by atoms with Crippen molar-refractivity contribution >= 4 is 11.9 Å². The summed E-state index contributed by atoms with van der Waals surface area (Å²) >= 11 is 0. The maximum absolute atomic E-state index is 12.4. The van der Waals surface area contributed by atoms with Crippen LogP contribution in [-0.2, 0) is 20.9 Å². The highest BCUT2D eigenvalue weighted by Gasteiger charge is 2.41. The Kier molecular flexibility index (Phi) is 4.23. The molecule has 3 rings (SSSR count). The van der Waals surface area contributed by atoms with Crippen LogP contribution in [-0.4, -0.2) is 29.4 Å². The van der Waals surface area contributed by atoms with E-state index < -0.39 is 0 Å². The van der Waals surface area contributed by atoms with Gasteiger partial charge in [0.2, 0.25) is 5.91 Å². The maximum atomic E-state index is 12.4. The van der Waals surface area contributed by atoms with E-state index in [4.69, 9.17) is 4.74 Å². The Hall–Kier alpha value is -1.84. The van der Waals surface area contributed by atoms with Gasteiger partial charge in [0.05, 0.1) is 5.92 Å². The molecule has 2 aliphatic heterocycles. The topological polar surface area (TPSA) is 46.6 Å². The van der Waals surface area contributed by atoms with Gasteiger partial charge < -0.3 is 9.64 Å². The maximum Gasteiger partial charge on any atom is 0.311 e. The molecule has 2 fully saturated rings. The highest BCUT2D eigenvalue weighted by Crippen LogP contribution is 2.32. The SMILES string of the molecule is O=C(OCc1ccccc1)[C@H]1CCCCN2C(=O)CCC12. The Morgan fingerprint density at radius 2 is 2.00 bits per heavy atom. The second kappa shape index (κ2) is 6.29. The minimum absolute atomic E-state index is 0.0586. The van der Waals surface area contributed by atoms with Gasteiger partial charge in [0.25, 0.3) is 0 Å². The molecule has 0 radical (unpaired) electrons. The zero-order valence-corrected chi connectivity index (χ0v) is 12.2. The molecule has 112 valence electrons. The second-order valence-electron chi connectivity index (χ2n) is 5.89. The van der Waals surface area contributed by atoms with Crippen LogP contribution in [0.5, 0.6) is 0 Å². The van der Waals surface area contributed by atoms with Crippen molar-refractivity contribution in [3.8, 4) is 0 Å². The Balaban J connectivity index is 1.64. The molecule has 1 amide bonds. The van der Waals surface area contributed by atoms with Gasteiger partial charge in [-0.3, -0.25) is 9.59 Å². The highest BCUT2D eigenvalue weighted by atomic mass is 16.5. The van der Waals surface area contributed by atoms with Crippen LogP contribution >= 0.6 is 0 Å². The van der Waals surface area contributed by atoms with Crippen LogP contribution in [0.1, 0.15) is 37.7 Å². The van der Waals surface area contributed by atoms with Crippen molar-refractivity contribution in [2.24, 2.45) is 5.92 Å². The van der Waals surface area contributed by atoms with Crippen LogP contribution < -0.4 is 0 Å². The lowest BCUT2D eigenvalue weighted by Crippen LogP contribution is -2.40. The number of fused-ring (bicyclic) bond motifs is 1. The van der Waals surface area contributed by atoms with Crippen molar-refractivity contribution in [2.75, 3.05) is 6.54 Å². The molecule has 2 saturated heterocycles. The Morgan fingerprint density at radius 3 is 2.81 bits per heavy atom. The fourth-order valence-electron chi connectivity index (χ4n) is 3.41. The Bertz CT molecular complexity index is 514. The van der Waals surface area contributed by atoms with Crippen LogP contribution in [0.25, 0.3) is 0 Å². The third-order valence-electron chi connectivity index (χ3n) is 4.53. The van der Waals surface area contributed by atoms with Crippen molar-refractivity contribution < 1.29 is 14.3 Å². The fourth-order valence-corrected chi connectivity index (χ4v) is 3.41. The molecule has 21 heavy (non-hydrogen) atoms. The minimum atomic E-state index is -0.150. The van der Waals surface area contributed by atoms with Gasteiger partial charge in [-0.1, -0.05) is 36.8 Å². The van der Waals surface area contributed by atoms with Crippen molar-refractivity contribution in [1.82, 2.24) is 4.90 Å². The summed E-state index contributed by atoms with van der Waals surface area (Å²) in [6.07, 6.45) is 4.19. The Labute approximate surface area is 125 Å². The van der Waals surface area contributed by atoms with Crippen molar-refractivity contribution in [2.45, 2.75) is 44.8 Å². The first-order chi connectivity index (χ1) is 10.3. The number of nitrogens with zero attached hydrogens (tertiary/aromatic N) is 1. The first-order valence-corrected chi connectivity index (χ1v) is 7.76. The zero-order chi connectivity index (χ0) is 14.7. The number of amides is 1. The molecule has 4 nitrogen and oxygen atoms in total. The molecule has 2 heterocycles. The van der Waals surface area contributed by atoms with Gasteiger partial charge >= 0.3 is 5.97 Å². The normalized spacial score (nSPS) is 25.3. The van der Waals surface area contributed by atoms with Gasteiger partial charge in [0, 0.05) is 19.0 Å². The van der Waals surface area contributed by atoms with E-state index in [0.29, 0.717) is 13.0 Å². The number of carbonyl (C=O) groups excluding carboxylic acids is 2. The second-order valence-corrected chi connectivity index (χ2v) is 5.89. The van der Waals surface area contributed by atoms with E-state index in [0.717, 1.165) is 37.8 Å². The van der Waals surface area contributed by atoms with E-state index in [1.165, 1.54) is 0 Å². The van der Waals surface area contributed by atoms with Crippen LogP contribution in [0.2, 0.25) is 0 Å². The highest BCUT2D eigenvalue weighted by molar-refractivity contribution is 5.81. The summed E-state index contributed by atoms with van der Waals surface area (Å²) in [4.78, 5) is 26.2. The number of esters is 1. The molecule has 1 unspecified atom stereocenters. The molecule has 1 aromatic rings. The van der Waals surface area contributed by atoms with Gasteiger partial charge in [-0.2, -0.15) is 0 Å². The van der Waals surface area contributed by atoms with Crippen LogP contribution in [0.15, 0.2) is 30.3 Å². The Morgan fingerprint density at radius 1 is 1.19 bits per heavy atom. The molecular weight excluding hydrogens is 266 g/mol. The predicted octanol–water partition coefficient (Wildman–Crippen LogP) is 2.52. The lowest BCUT2D eigenvalue weighted by atomic mass is 9.94. The molecule has 0 aromatic heterocycles. The quantitative estimate of drug-likeness (QED) is 0.803. The molecule has 4 heteroatoms. The summed E-state index contributed by atoms with van der Waals surface area (Å²) in [5.74, 6) is -0.101. The van der Waals surface area contributed by atoms with E-state index in [1.54, 1.807) is 0 Å². The van der Waals surface area contributed by atoms with Gasteiger partial charge in [-0.15, -0.1) is 0 Å². The average molecular weight is 287 g/mol. The van der Waals surface area contributed by atoms with E-state index in [-0.39, 0.29) is 23.8 Å². The standard InChI is InChI=1S/C17H21NO3/c19-16-10-9-15-14(8-4-5-11-18(15)16)17(20)21-12-13-6-2-1-3-7-13/h1-3,6-7,14-15H,4-5,8-12H2/t14-,15?/m0/s1. The molecule has 2 atom stereocenters. The largest absolute Gasteiger partial charge is 0.461 e. The summed E-state index contributed by atoms with van der Waals surface area (Å²) in [5.41, 5.74) is 0.999. The summed E-state index contributed by atoms with van der Waals surface area (Å²) in [5, 5.41) is 0. The summed E-state index contributed by atoms with van der Waals surface area (Å²) in [7, 11) is 0. The zero-order valence-electron chi connectivity index (χ0n) is 12.2. The summed E-state index contributed by atoms with van der Waals surface area (Å²) < 4.78 is 5.49. The monoisotopic (exact) mass is 287 g/mol. The minimum Gasteiger partial charge on any atom is -0.461 e. The molecule has 0 N–H and O–H groups in total. The van der Waals surface area contributed by atoms with E-state index >= 15 is 0 Å². The molecule has 2 aliphatic rings. The summed E-state index contributed by atoms with van der Waals surface area (Å²) in [6, 6.07) is 9.78. The van der Waals surface area contributed by atoms with E-state index in [9.17, 15) is 9.59 Å². The molecule has 1 aromatic carbocycles. The summed E-state index contributed by atoms with van der Waals surface area (Å²) in [6.45, 7) is 1.11. The third kappa shape index (κ3) is 3.09. The van der Waals surface area contributed by atoms with Gasteiger partial charge in [0.1, 0.15) is 6.61 Å². The number of benzene rings is 1. The number of carbonyl (C=O) groups is 2. The molecule has 0 bridgehead atoms. The van der Waals surface area contributed by atoms with Crippen LogP contribution in [0, 0.1) is 5.92 Å². The van der Waals surface area contributed by atoms with Crippen LogP contribution in [0.4, 0.5) is 0 Å². The lowest BCUT2D eigenvalue weighted by Gasteiger charge is -2.27. The van der Waals surface area contributed by atoms with Crippen molar-refractivity contribution in [1.29, 1.82) is 0 Å². The fraction of sp³-hybridized carbons (Fsp3) is 0.529. The van der Waals surface area contributed by atoms with Gasteiger partial charge in [-0.05, 0) is 24.8 Å². The van der Waals surface area contributed by atoms with Gasteiger partial charge in [-0.25, -0.2) is 0 Å². The van der Waals surface area contributed by atoms with E-state index in [2.05, 4.69) is 0 Å². The van der Waals surface area contributed by atoms with Crippen molar-refractivity contribution in [3.05, 3.63) is 35.9 Å². The molecule has 0 saturated carbocycles. The predicted molar refractivity (Wildman–Crippen MR) is 78.3 cm³/mol. The average Bonchev–Trinajstić information content (AvgIpc) is 2.75. The smallest absolute Gasteiger partial charge is 0.311 e. The number of hydrogen-bond acceptors (Lipinski definition) is 3.